The first-order chi connectivity index (χ1) is 5.50. The molecule has 0 heterocycles. The van der Waals surface area contributed by atoms with Gasteiger partial charge in [0.05, 0.1) is 0 Å². The predicted octanol–water partition coefficient (Wildman–Crippen LogP) is 0.715. The number of hydrogen-bond acceptors (Lipinski definition) is 3. The maximum atomic E-state index is 12.0. The van der Waals surface area contributed by atoms with Crippen LogP contribution in [-0.4, -0.2) is 29.2 Å². The molecule has 0 unspecified atom stereocenters. The third kappa shape index (κ3) is 2.73. The Kier molecular flexibility index (Phi) is 4.03. The first-order valence-electron chi connectivity index (χ1n) is 3.19. The number of allylic oxidation sites excluding steroid dienone is 1. The van der Waals surface area contributed by atoms with Gasteiger partial charge >= 0.3 is 5.97 Å². The zero-order chi connectivity index (χ0) is 9.72. The molecule has 0 saturated carbocycles. The number of halogens is 2. The number of carboxylic acids is 1. The van der Waals surface area contributed by atoms with Gasteiger partial charge in [-0.1, -0.05) is 0 Å². The molecule has 3 N–H and O–H groups in total. The summed E-state index contributed by atoms with van der Waals surface area (Å²) in [6, 6.07) is 0. The van der Waals surface area contributed by atoms with Gasteiger partial charge in [0.25, 0.3) is 6.43 Å². The number of rotatable bonds is 4. The topological polar surface area (TPSA) is 69.6 Å². The van der Waals surface area contributed by atoms with Crippen molar-refractivity contribution in [3.05, 3.63) is 11.5 Å². The van der Waals surface area contributed by atoms with Crippen molar-refractivity contribution >= 4 is 5.97 Å². The summed E-state index contributed by atoms with van der Waals surface area (Å²) in [6.45, 7) is 1.63. The van der Waals surface area contributed by atoms with E-state index in [2.05, 4.69) is 5.32 Å². The zero-order valence-corrected chi connectivity index (χ0v) is 6.34. The standard InChI is InChI=1S/C6H9F2NO3/c1-2-9-3(5(7)8)4(10)6(11)12/h5,9-10H,2H2,1H3,(H,11,12)/b4-3-. The van der Waals surface area contributed by atoms with E-state index < -0.39 is 23.9 Å². The van der Waals surface area contributed by atoms with E-state index in [0.29, 0.717) is 0 Å². The van der Waals surface area contributed by atoms with E-state index in [-0.39, 0.29) is 6.54 Å². The number of aliphatic hydroxyl groups excluding tert-OH is 1. The smallest absolute Gasteiger partial charge is 0.373 e. The van der Waals surface area contributed by atoms with Crippen LogP contribution in [0, 0.1) is 0 Å². The van der Waals surface area contributed by atoms with Crippen LogP contribution in [-0.2, 0) is 4.79 Å². The van der Waals surface area contributed by atoms with Gasteiger partial charge in [-0.3, -0.25) is 0 Å². The van der Waals surface area contributed by atoms with Crippen molar-refractivity contribution in [1.82, 2.24) is 5.32 Å². The van der Waals surface area contributed by atoms with Crippen molar-refractivity contribution in [3.63, 3.8) is 0 Å². The number of carboxylic acid groups (broad SMARTS) is 1. The van der Waals surface area contributed by atoms with Crippen LogP contribution in [0.4, 0.5) is 8.78 Å². The molecule has 0 bridgehead atoms. The number of aliphatic hydroxyl groups is 1. The fraction of sp³-hybridized carbons (Fsp3) is 0.500. The largest absolute Gasteiger partial charge is 0.500 e. The van der Waals surface area contributed by atoms with Crippen molar-refractivity contribution in [2.75, 3.05) is 6.54 Å². The highest BCUT2D eigenvalue weighted by molar-refractivity contribution is 5.84. The molecule has 0 saturated heterocycles. The Labute approximate surface area is 67.5 Å². The highest BCUT2D eigenvalue weighted by Gasteiger charge is 2.20. The van der Waals surface area contributed by atoms with Gasteiger partial charge < -0.3 is 15.5 Å². The molecule has 0 aliphatic heterocycles. The molecule has 0 fully saturated rings. The van der Waals surface area contributed by atoms with Crippen molar-refractivity contribution in [2.24, 2.45) is 0 Å². The molecule has 12 heavy (non-hydrogen) atoms. The summed E-state index contributed by atoms with van der Waals surface area (Å²) in [4.78, 5) is 10.0. The maximum absolute atomic E-state index is 12.0. The van der Waals surface area contributed by atoms with E-state index in [0.717, 1.165) is 0 Å². The van der Waals surface area contributed by atoms with Crippen LogP contribution in [0.25, 0.3) is 0 Å². The third-order valence-corrected chi connectivity index (χ3v) is 1.04. The minimum Gasteiger partial charge on any atom is -0.500 e. The molecular formula is C6H9F2NO3. The van der Waals surface area contributed by atoms with Crippen LogP contribution in [0.1, 0.15) is 6.92 Å². The molecule has 0 aromatic rings. The quantitative estimate of drug-likeness (QED) is 0.441. The van der Waals surface area contributed by atoms with Gasteiger partial charge in [-0.25, -0.2) is 13.6 Å². The second-order valence-electron chi connectivity index (χ2n) is 1.90. The molecule has 0 spiro atoms. The minimum absolute atomic E-state index is 0.122. The summed E-state index contributed by atoms with van der Waals surface area (Å²) in [6.07, 6.45) is -3.01. The molecule has 0 rings (SSSR count). The lowest BCUT2D eigenvalue weighted by atomic mass is 10.3. The lowest BCUT2D eigenvalue weighted by Crippen LogP contribution is -2.23. The molecule has 0 radical (unpaired) electrons. The van der Waals surface area contributed by atoms with Gasteiger partial charge in [-0.05, 0) is 6.92 Å². The SMILES string of the molecule is CCN/C(=C(\O)C(=O)O)C(F)F. The van der Waals surface area contributed by atoms with E-state index in [9.17, 15) is 13.6 Å². The average molecular weight is 181 g/mol. The van der Waals surface area contributed by atoms with E-state index >= 15 is 0 Å². The Balaban J connectivity index is 4.67. The number of alkyl halides is 2. The van der Waals surface area contributed by atoms with Crippen molar-refractivity contribution in [2.45, 2.75) is 13.3 Å². The summed E-state index contributed by atoms with van der Waals surface area (Å²) in [7, 11) is 0. The molecule has 4 nitrogen and oxygen atoms in total. The molecule has 0 aromatic heterocycles. The molecule has 0 aliphatic carbocycles. The van der Waals surface area contributed by atoms with Gasteiger partial charge in [0.1, 0.15) is 5.70 Å². The van der Waals surface area contributed by atoms with E-state index in [1.807, 2.05) is 0 Å². The molecule has 6 heteroatoms. The zero-order valence-electron chi connectivity index (χ0n) is 6.34. The van der Waals surface area contributed by atoms with E-state index in [4.69, 9.17) is 10.2 Å². The molecule has 0 atom stereocenters. The normalized spacial score (nSPS) is 12.7. The first-order valence-corrected chi connectivity index (χ1v) is 3.19. The van der Waals surface area contributed by atoms with Crippen LogP contribution in [0.5, 0.6) is 0 Å². The van der Waals surface area contributed by atoms with Gasteiger partial charge in [0.15, 0.2) is 0 Å². The van der Waals surface area contributed by atoms with Crippen LogP contribution >= 0.6 is 0 Å². The molecule has 0 aliphatic rings. The van der Waals surface area contributed by atoms with Crippen molar-refractivity contribution in [1.29, 1.82) is 0 Å². The Bertz CT molecular complexity index is 203. The highest BCUT2D eigenvalue weighted by atomic mass is 19.3. The summed E-state index contributed by atoms with van der Waals surface area (Å²) in [5.74, 6) is -3.11. The Morgan fingerprint density at radius 2 is 2.00 bits per heavy atom. The number of nitrogens with one attached hydrogen (secondary N) is 1. The van der Waals surface area contributed by atoms with Crippen LogP contribution in [0.15, 0.2) is 11.5 Å². The lowest BCUT2D eigenvalue weighted by molar-refractivity contribution is -0.135. The van der Waals surface area contributed by atoms with Crippen LogP contribution < -0.4 is 5.32 Å². The van der Waals surface area contributed by atoms with Gasteiger partial charge in [0, 0.05) is 6.54 Å². The predicted molar refractivity (Wildman–Crippen MR) is 37.0 cm³/mol. The summed E-state index contributed by atoms with van der Waals surface area (Å²) < 4.78 is 23.9. The van der Waals surface area contributed by atoms with Gasteiger partial charge in [-0.15, -0.1) is 0 Å². The van der Waals surface area contributed by atoms with Gasteiger partial charge in [-0.2, -0.15) is 0 Å². The lowest BCUT2D eigenvalue weighted by Gasteiger charge is -2.07. The molecule has 0 amide bonds. The highest BCUT2D eigenvalue weighted by Crippen LogP contribution is 2.08. The monoisotopic (exact) mass is 181 g/mol. The summed E-state index contributed by atoms with van der Waals surface area (Å²) in [5, 5.41) is 18.8. The fourth-order valence-electron chi connectivity index (χ4n) is 0.570. The maximum Gasteiger partial charge on any atom is 0.373 e. The summed E-state index contributed by atoms with van der Waals surface area (Å²) in [5.41, 5.74) is -0.954. The van der Waals surface area contributed by atoms with Crippen LogP contribution in [0.2, 0.25) is 0 Å². The molecule has 0 aromatic carbocycles. The van der Waals surface area contributed by atoms with E-state index in [1.165, 1.54) is 6.92 Å². The number of aliphatic carboxylic acids is 1. The fourth-order valence-corrected chi connectivity index (χ4v) is 0.570. The second kappa shape index (κ2) is 4.53. The summed E-state index contributed by atoms with van der Waals surface area (Å²) >= 11 is 0. The minimum atomic E-state index is -3.01. The van der Waals surface area contributed by atoms with E-state index in [1.54, 1.807) is 0 Å². The average Bonchev–Trinajstić information content (AvgIpc) is 1.98. The number of hydrogen-bond donors (Lipinski definition) is 3. The second-order valence-corrected chi connectivity index (χ2v) is 1.90. The third-order valence-electron chi connectivity index (χ3n) is 1.04. The number of carbonyl (C=O) groups is 1. The Morgan fingerprint density at radius 3 is 2.25 bits per heavy atom. The van der Waals surface area contributed by atoms with Crippen molar-refractivity contribution < 1.29 is 23.8 Å². The Hall–Kier alpha value is -1.33. The first kappa shape index (κ1) is 10.7. The molecule has 70 valence electrons. The van der Waals surface area contributed by atoms with Crippen molar-refractivity contribution in [3.8, 4) is 0 Å². The van der Waals surface area contributed by atoms with Crippen LogP contribution in [0.3, 0.4) is 0 Å². The molecular weight excluding hydrogens is 172 g/mol. The Morgan fingerprint density at radius 1 is 1.50 bits per heavy atom. The van der Waals surface area contributed by atoms with Gasteiger partial charge in [0.2, 0.25) is 5.76 Å².